The van der Waals surface area contributed by atoms with Crippen LogP contribution in [0.4, 0.5) is 0 Å². The van der Waals surface area contributed by atoms with Gasteiger partial charge in [0.05, 0.1) is 13.2 Å². The van der Waals surface area contributed by atoms with Gasteiger partial charge in [-0.25, -0.2) is 0 Å². The van der Waals surface area contributed by atoms with Gasteiger partial charge in [-0.05, 0) is 50.9 Å². The molecule has 1 unspecified atom stereocenters. The Kier molecular flexibility index (Phi) is 7.20. The number of amides is 1. The zero-order valence-corrected chi connectivity index (χ0v) is 14.2. The fourth-order valence-electron chi connectivity index (χ4n) is 2.61. The first-order chi connectivity index (χ1) is 11.2. The minimum absolute atomic E-state index is 0.0697. The topological polar surface area (TPSA) is 59.6 Å². The molecule has 1 aromatic carbocycles. The van der Waals surface area contributed by atoms with Crippen LogP contribution in [0.1, 0.15) is 49.9 Å². The predicted octanol–water partition coefficient (Wildman–Crippen LogP) is 2.75. The molecule has 1 aliphatic heterocycles. The lowest BCUT2D eigenvalue weighted by Gasteiger charge is -2.14. The Morgan fingerprint density at radius 1 is 1.30 bits per heavy atom. The number of benzene rings is 1. The molecule has 128 valence electrons. The smallest absolute Gasteiger partial charge is 0.251 e. The number of nitrogens with one attached hydrogen (secondary N) is 2. The van der Waals surface area contributed by atoms with E-state index >= 15 is 0 Å². The van der Waals surface area contributed by atoms with Crippen LogP contribution in [0.25, 0.3) is 0 Å². The maximum atomic E-state index is 12.3. The van der Waals surface area contributed by atoms with Crippen molar-refractivity contribution in [1.82, 2.24) is 10.6 Å². The van der Waals surface area contributed by atoms with Crippen molar-refractivity contribution in [3.63, 3.8) is 0 Å². The Bertz CT molecular complexity index is 499. The Morgan fingerprint density at radius 2 is 2.17 bits per heavy atom. The molecule has 0 radical (unpaired) electrons. The molecular weight excluding hydrogens is 292 g/mol. The van der Waals surface area contributed by atoms with Crippen molar-refractivity contribution in [2.45, 2.75) is 45.6 Å². The molecule has 23 heavy (non-hydrogen) atoms. The van der Waals surface area contributed by atoms with Gasteiger partial charge in [0.1, 0.15) is 0 Å². The van der Waals surface area contributed by atoms with Crippen molar-refractivity contribution >= 4 is 5.91 Å². The number of carbonyl (C=O) groups is 1. The van der Waals surface area contributed by atoms with Gasteiger partial charge in [0.25, 0.3) is 5.91 Å². The molecule has 1 heterocycles. The quantitative estimate of drug-likeness (QED) is 0.687. The minimum Gasteiger partial charge on any atom is -0.490 e. The van der Waals surface area contributed by atoms with Crippen molar-refractivity contribution in [2.75, 3.05) is 26.3 Å². The molecule has 1 aromatic rings. The van der Waals surface area contributed by atoms with Gasteiger partial charge < -0.3 is 20.1 Å². The first kappa shape index (κ1) is 17.6. The van der Waals surface area contributed by atoms with Crippen LogP contribution < -0.4 is 20.1 Å². The second-order valence-corrected chi connectivity index (χ2v) is 5.80. The van der Waals surface area contributed by atoms with E-state index in [9.17, 15) is 4.79 Å². The average Bonchev–Trinajstić information content (AvgIpc) is 3.08. The van der Waals surface area contributed by atoms with E-state index in [1.165, 1.54) is 6.42 Å². The van der Waals surface area contributed by atoms with E-state index in [0.717, 1.165) is 25.8 Å². The number of hydrogen-bond donors (Lipinski definition) is 2. The molecule has 1 aliphatic rings. The van der Waals surface area contributed by atoms with Gasteiger partial charge in [-0.2, -0.15) is 0 Å². The van der Waals surface area contributed by atoms with E-state index in [1.54, 1.807) is 12.1 Å². The number of unbranched alkanes of at least 4 members (excludes halogenated alkanes) is 1. The van der Waals surface area contributed by atoms with E-state index in [1.807, 2.05) is 13.0 Å². The largest absolute Gasteiger partial charge is 0.490 e. The molecule has 1 saturated heterocycles. The third-order valence-corrected chi connectivity index (χ3v) is 3.93. The maximum absolute atomic E-state index is 12.3. The van der Waals surface area contributed by atoms with Crippen LogP contribution in [0.5, 0.6) is 11.5 Å². The summed E-state index contributed by atoms with van der Waals surface area (Å²) >= 11 is 0. The first-order valence-corrected chi connectivity index (χ1v) is 8.65. The Balaban J connectivity index is 1.97. The second-order valence-electron chi connectivity index (χ2n) is 5.80. The lowest BCUT2D eigenvalue weighted by Crippen LogP contribution is -2.37. The van der Waals surface area contributed by atoms with Crippen molar-refractivity contribution in [1.29, 1.82) is 0 Å². The summed E-state index contributed by atoms with van der Waals surface area (Å²) in [5, 5.41) is 6.36. The van der Waals surface area contributed by atoms with Crippen LogP contribution in [0.2, 0.25) is 0 Å². The number of hydrogen-bond acceptors (Lipinski definition) is 4. The van der Waals surface area contributed by atoms with E-state index < -0.39 is 0 Å². The van der Waals surface area contributed by atoms with Gasteiger partial charge in [-0.3, -0.25) is 4.79 Å². The van der Waals surface area contributed by atoms with Crippen molar-refractivity contribution in [3.05, 3.63) is 23.8 Å². The van der Waals surface area contributed by atoms with Crippen molar-refractivity contribution in [3.8, 4) is 11.5 Å². The highest BCUT2D eigenvalue weighted by Crippen LogP contribution is 2.28. The van der Waals surface area contributed by atoms with Gasteiger partial charge >= 0.3 is 0 Å². The maximum Gasteiger partial charge on any atom is 0.251 e. The van der Waals surface area contributed by atoms with Crippen molar-refractivity contribution < 1.29 is 14.3 Å². The van der Waals surface area contributed by atoms with Gasteiger partial charge in [-0.15, -0.1) is 0 Å². The zero-order valence-electron chi connectivity index (χ0n) is 14.2. The Labute approximate surface area is 138 Å². The molecule has 2 N–H and O–H groups in total. The predicted molar refractivity (Wildman–Crippen MR) is 91.4 cm³/mol. The van der Waals surface area contributed by atoms with E-state index in [4.69, 9.17) is 9.47 Å². The van der Waals surface area contributed by atoms with Crippen LogP contribution in [0, 0.1) is 0 Å². The summed E-state index contributed by atoms with van der Waals surface area (Å²) in [6, 6.07) is 5.77. The van der Waals surface area contributed by atoms with E-state index in [-0.39, 0.29) is 5.91 Å². The van der Waals surface area contributed by atoms with Crippen LogP contribution in [0.3, 0.4) is 0 Å². The van der Waals surface area contributed by atoms with Gasteiger partial charge in [0.2, 0.25) is 0 Å². The Morgan fingerprint density at radius 3 is 2.87 bits per heavy atom. The fraction of sp³-hybridized carbons (Fsp3) is 0.611. The number of rotatable bonds is 9. The number of carbonyl (C=O) groups excluding carboxylic acids is 1. The SMILES string of the molecule is CCCCOc1ccc(C(=O)NCC2CCCN2)cc1OCC. The van der Waals surface area contributed by atoms with Crippen LogP contribution in [0.15, 0.2) is 18.2 Å². The molecule has 1 fully saturated rings. The molecule has 0 bridgehead atoms. The molecule has 0 saturated carbocycles. The summed E-state index contributed by atoms with van der Waals surface area (Å²) in [4.78, 5) is 12.3. The van der Waals surface area contributed by atoms with Gasteiger partial charge in [0.15, 0.2) is 11.5 Å². The van der Waals surface area contributed by atoms with E-state index in [0.29, 0.717) is 42.9 Å². The third-order valence-electron chi connectivity index (χ3n) is 3.93. The normalized spacial score (nSPS) is 17.0. The standard InChI is InChI=1S/C18H28N2O3/c1-3-5-11-23-16-9-8-14(12-17(16)22-4-2)18(21)20-13-15-7-6-10-19-15/h8-9,12,15,19H,3-7,10-11,13H2,1-2H3,(H,20,21). The first-order valence-electron chi connectivity index (χ1n) is 8.65. The number of ether oxygens (including phenoxy) is 2. The summed E-state index contributed by atoms with van der Waals surface area (Å²) in [6.07, 6.45) is 4.38. The molecule has 2 rings (SSSR count). The highest BCUT2D eigenvalue weighted by atomic mass is 16.5. The summed E-state index contributed by atoms with van der Waals surface area (Å²) in [6.45, 7) is 6.96. The molecule has 0 aliphatic carbocycles. The van der Waals surface area contributed by atoms with Crippen molar-refractivity contribution in [2.24, 2.45) is 0 Å². The molecular formula is C18H28N2O3. The summed E-state index contributed by atoms with van der Waals surface area (Å²) < 4.78 is 11.4. The van der Waals surface area contributed by atoms with Gasteiger partial charge in [-0.1, -0.05) is 13.3 Å². The van der Waals surface area contributed by atoms with Crippen LogP contribution in [-0.2, 0) is 0 Å². The van der Waals surface area contributed by atoms with Crippen LogP contribution in [-0.4, -0.2) is 38.3 Å². The lowest BCUT2D eigenvalue weighted by molar-refractivity contribution is 0.0949. The average molecular weight is 320 g/mol. The third kappa shape index (κ3) is 5.43. The summed E-state index contributed by atoms with van der Waals surface area (Å²) in [5.74, 6) is 1.27. The second kappa shape index (κ2) is 9.40. The lowest BCUT2D eigenvalue weighted by atomic mass is 10.1. The molecule has 5 heteroatoms. The molecule has 5 nitrogen and oxygen atoms in total. The minimum atomic E-state index is -0.0697. The monoisotopic (exact) mass is 320 g/mol. The molecule has 1 atom stereocenters. The van der Waals surface area contributed by atoms with Crippen LogP contribution >= 0.6 is 0 Å². The summed E-state index contributed by atoms with van der Waals surface area (Å²) in [7, 11) is 0. The highest BCUT2D eigenvalue weighted by Gasteiger charge is 2.16. The molecule has 0 spiro atoms. The fourth-order valence-corrected chi connectivity index (χ4v) is 2.61. The zero-order chi connectivity index (χ0) is 16.5. The van der Waals surface area contributed by atoms with E-state index in [2.05, 4.69) is 17.6 Å². The molecule has 0 aromatic heterocycles. The van der Waals surface area contributed by atoms with Gasteiger partial charge in [0, 0.05) is 18.2 Å². The summed E-state index contributed by atoms with van der Waals surface area (Å²) in [5.41, 5.74) is 0.606. The Hall–Kier alpha value is -1.75. The highest BCUT2D eigenvalue weighted by molar-refractivity contribution is 5.94. The molecule has 1 amide bonds.